The zero-order chi connectivity index (χ0) is 15.2. The maximum Gasteiger partial charge on any atom is 0.387 e. The summed E-state index contributed by atoms with van der Waals surface area (Å²) in [6, 6.07) is 12.8. The third-order valence-electron chi connectivity index (χ3n) is 2.67. The fraction of sp³-hybridized carbons (Fsp3) is 0.133. The third kappa shape index (κ3) is 3.92. The average molecular weight is 293 g/mol. The summed E-state index contributed by atoms with van der Waals surface area (Å²) < 4.78 is 33.9. The van der Waals surface area contributed by atoms with E-state index in [2.05, 4.69) is 10.1 Å². The number of rotatable bonds is 5. The highest BCUT2D eigenvalue weighted by atomic mass is 19.3. The second kappa shape index (κ2) is 6.69. The van der Waals surface area contributed by atoms with Crippen molar-refractivity contribution < 1.29 is 23.0 Å². The molecule has 0 atom stereocenters. The van der Waals surface area contributed by atoms with E-state index in [0.29, 0.717) is 11.3 Å². The second-order valence-electron chi connectivity index (χ2n) is 4.06. The van der Waals surface area contributed by atoms with Crippen molar-refractivity contribution in [3.05, 3.63) is 54.1 Å². The minimum Gasteiger partial charge on any atom is -0.493 e. The normalized spacial score (nSPS) is 10.3. The summed E-state index contributed by atoms with van der Waals surface area (Å²) in [7, 11) is 1.34. The molecular formula is C15H13F2NO3. The van der Waals surface area contributed by atoms with E-state index in [4.69, 9.17) is 4.74 Å². The predicted octanol–water partition coefficient (Wildman–Crippen LogP) is 3.55. The van der Waals surface area contributed by atoms with Crippen LogP contribution >= 0.6 is 0 Å². The molecule has 0 aliphatic rings. The number of alkyl halides is 2. The first-order valence-electron chi connectivity index (χ1n) is 6.09. The summed E-state index contributed by atoms with van der Waals surface area (Å²) in [5, 5.41) is 2.60. The van der Waals surface area contributed by atoms with Gasteiger partial charge in [-0.3, -0.25) is 4.79 Å². The van der Waals surface area contributed by atoms with Gasteiger partial charge in [-0.1, -0.05) is 18.2 Å². The number of methoxy groups -OCH3 is 1. The van der Waals surface area contributed by atoms with Gasteiger partial charge in [0.25, 0.3) is 5.91 Å². The molecule has 21 heavy (non-hydrogen) atoms. The molecule has 0 heterocycles. The van der Waals surface area contributed by atoms with Gasteiger partial charge < -0.3 is 14.8 Å². The number of amides is 1. The molecule has 0 bridgehead atoms. The zero-order valence-corrected chi connectivity index (χ0v) is 11.2. The van der Waals surface area contributed by atoms with E-state index in [1.165, 1.54) is 25.3 Å². The van der Waals surface area contributed by atoms with Gasteiger partial charge in [0.05, 0.1) is 7.11 Å². The number of ether oxygens (including phenoxy) is 2. The zero-order valence-electron chi connectivity index (χ0n) is 11.2. The molecule has 2 rings (SSSR count). The van der Waals surface area contributed by atoms with Crippen molar-refractivity contribution in [2.75, 3.05) is 12.4 Å². The molecule has 1 amide bonds. The molecule has 0 saturated carbocycles. The molecule has 2 aromatic rings. The van der Waals surface area contributed by atoms with Gasteiger partial charge in [-0.2, -0.15) is 8.78 Å². The summed E-state index contributed by atoms with van der Waals surface area (Å²) in [5.41, 5.74) is 0.796. The molecule has 0 unspecified atom stereocenters. The Balaban J connectivity index is 2.19. The molecule has 0 saturated heterocycles. The Morgan fingerprint density at radius 1 is 1.10 bits per heavy atom. The third-order valence-corrected chi connectivity index (χ3v) is 2.67. The lowest BCUT2D eigenvalue weighted by molar-refractivity contribution is -0.0511. The molecule has 0 aromatic heterocycles. The fourth-order valence-electron chi connectivity index (χ4n) is 1.74. The Morgan fingerprint density at radius 3 is 2.43 bits per heavy atom. The predicted molar refractivity (Wildman–Crippen MR) is 74.0 cm³/mol. The first-order valence-corrected chi connectivity index (χ1v) is 6.09. The van der Waals surface area contributed by atoms with Crippen molar-refractivity contribution >= 4 is 11.6 Å². The summed E-state index contributed by atoms with van der Waals surface area (Å²) in [6.45, 7) is -2.97. The van der Waals surface area contributed by atoms with Crippen LogP contribution in [0.2, 0.25) is 0 Å². The SMILES string of the molecule is COc1ccc(NC(=O)c2ccccc2)cc1OC(F)F. The van der Waals surface area contributed by atoms with Crippen LogP contribution in [0.25, 0.3) is 0 Å². The summed E-state index contributed by atoms with van der Waals surface area (Å²) in [4.78, 5) is 12.0. The van der Waals surface area contributed by atoms with Crippen LogP contribution < -0.4 is 14.8 Å². The molecule has 6 heteroatoms. The van der Waals surface area contributed by atoms with Gasteiger partial charge in [0.15, 0.2) is 11.5 Å². The number of carbonyl (C=O) groups is 1. The summed E-state index contributed by atoms with van der Waals surface area (Å²) in [6.07, 6.45) is 0. The minimum atomic E-state index is -2.97. The molecule has 2 aromatic carbocycles. The van der Waals surface area contributed by atoms with Gasteiger partial charge in [0.2, 0.25) is 0 Å². The Bertz CT molecular complexity index is 618. The molecule has 4 nitrogen and oxygen atoms in total. The highest BCUT2D eigenvalue weighted by Gasteiger charge is 2.13. The Morgan fingerprint density at radius 2 is 1.81 bits per heavy atom. The molecule has 0 radical (unpaired) electrons. The van der Waals surface area contributed by atoms with E-state index in [1.807, 2.05) is 0 Å². The summed E-state index contributed by atoms with van der Waals surface area (Å²) in [5.74, 6) is -0.324. The first kappa shape index (κ1) is 14.8. The van der Waals surface area contributed by atoms with E-state index < -0.39 is 6.61 Å². The van der Waals surface area contributed by atoms with E-state index >= 15 is 0 Å². The number of hydrogen-bond acceptors (Lipinski definition) is 3. The van der Waals surface area contributed by atoms with Crippen LogP contribution in [0.5, 0.6) is 11.5 Å². The van der Waals surface area contributed by atoms with Gasteiger partial charge in [-0.25, -0.2) is 0 Å². The number of nitrogens with one attached hydrogen (secondary N) is 1. The van der Waals surface area contributed by atoms with Crippen molar-refractivity contribution in [3.8, 4) is 11.5 Å². The van der Waals surface area contributed by atoms with E-state index in [0.717, 1.165) is 0 Å². The number of halogens is 2. The van der Waals surface area contributed by atoms with Crippen molar-refractivity contribution in [1.82, 2.24) is 0 Å². The lowest BCUT2D eigenvalue weighted by atomic mass is 10.2. The lowest BCUT2D eigenvalue weighted by Crippen LogP contribution is -2.12. The lowest BCUT2D eigenvalue weighted by Gasteiger charge is -2.12. The fourth-order valence-corrected chi connectivity index (χ4v) is 1.74. The van der Waals surface area contributed by atoms with E-state index in [-0.39, 0.29) is 17.4 Å². The maximum absolute atomic E-state index is 12.3. The van der Waals surface area contributed by atoms with Gasteiger partial charge >= 0.3 is 6.61 Å². The Labute approximate surface area is 120 Å². The average Bonchev–Trinajstić information content (AvgIpc) is 2.48. The van der Waals surface area contributed by atoms with Gasteiger partial charge in [-0.15, -0.1) is 0 Å². The van der Waals surface area contributed by atoms with Crippen LogP contribution in [-0.2, 0) is 0 Å². The number of benzene rings is 2. The van der Waals surface area contributed by atoms with Crippen molar-refractivity contribution in [2.24, 2.45) is 0 Å². The highest BCUT2D eigenvalue weighted by molar-refractivity contribution is 6.04. The minimum absolute atomic E-state index is 0.140. The second-order valence-corrected chi connectivity index (χ2v) is 4.06. The molecule has 0 aliphatic carbocycles. The first-order chi connectivity index (χ1) is 10.1. The molecule has 0 fully saturated rings. The largest absolute Gasteiger partial charge is 0.493 e. The summed E-state index contributed by atoms with van der Waals surface area (Å²) >= 11 is 0. The van der Waals surface area contributed by atoms with Crippen molar-refractivity contribution in [2.45, 2.75) is 6.61 Å². The van der Waals surface area contributed by atoms with Crippen molar-refractivity contribution in [3.63, 3.8) is 0 Å². The Kier molecular flexibility index (Phi) is 4.71. The van der Waals surface area contributed by atoms with Crippen LogP contribution in [0.1, 0.15) is 10.4 Å². The monoisotopic (exact) mass is 293 g/mol. The van der Waals surface area contributed by atoms with Crippen LogP contribution in [-0.4, -0.2) is 19.6 Å². The van der Waals surface area contributed by atoms with Gasteiger partial charge in [0.1, 0.15) is 0 Å². The number of hydrogen-bond donors (Lipinski definition) is 1. The Hall–Kier alpha value is -2.63. The van der Waals surface area contributed by atoms with Crippen molar-refractivity contribution in [1.29, 1.82) is 0 Å². The molecule has 0 aliphatic heterocycles. The van der Waals surface area contributed by atoms with Crippen LogP contribution in [0.3, 0.4) is 0 Å². The van der Waals surface area contributed by atoms with Crippen LogP contribution in [0, 0.1) is 0 Å². The van der Waals surface area contributed by atoms with Gasteiger partial charge in [0, 0.05) is 17.3 Å². The molecular weight excluding hydrogens is 280 g/mol. The number of anilines is 1. The molecule has 0 spiro atoms. The smallest absolute Gasteiger partial charge is 0.387 e. The van der Waals surface area contributed by atoms with E-state index in [9.17, 15) is 13.6 Å². The van der Waals surface area contributed by atoms with Crippen LogP contribution in [0.4, 0.5) is 14.5 Å². The molecule has 1 N–H and O–H groups in total. The molecule has 110 valence electrons. The quantitative estimate of drug-likeness (QED) is 0.917. The standard InChI is InChI=1S/C15H13F2NO3/c1-20-12-8-7-11(9-13(12)21-15(16)17)18-14(19)10-5-3-2-4-6-10/h2-9,15H,1H3,(H,18,19). The van der Waals surface area contributed by atoms with Crippen LogP contribution in [0.15, 0.2) is 48.5 Å². The highest BCUT2D eigenvalue weighted by Crippen LogP contribution is 2.31. The topological polar surface area (TPSA) is 47.6 Å². The maximum atomic E-state index is 12.3. The van der Waals surface area contributed by atoms with Gasteiger partial charge in [-0.05, 0) is 24.3 Å². The van der Waals surface area contributed by atoms with E-state index in [1.54, 1.807) is 30.3 Å². The number of carbonyl (C=O) groups excluding carboxylic acids is 1.